The molecule has 1 N–H and O–H groups in total. The number of carbonyl (C=O) groups is 3. The molecule has 1 fully saturated rings. The first-order chi connectivity index (χ1) is 10.0. The quantitative estimate of drug-likeness (QED) is 0.646. The molecule has 2 aliphatic rings. The van der Waals surface area contributed by atoms with E-state index in [0.717, 1.165) is 0 Å². The fraction of sp³-hybridized carbons (Fsp3) is 0.357. The smallest absolute Gasteiger partial charge is 0.255 e. The van der Waals surface area contributed by atoms with Gasteiger partial charge in [0.05, 0.1) is 6.54 Å². The molecule has 0 spiro atoms. The van der Waals surface area contributed by atoms with Crippen LogP contribution < -0.4 is 5.32 Å². The lowest BCUT2D eigenvalue weighted by Crippen LogP contribution is -2.52. The van der Waals surface area contributed by atoms with E-state index in [1.807, 2.05) is 0 Å². The Morgan fingerprint density at radius 3 is 2.76 bits per heavy atom. The zero-order valence-electron chi connectivity index (χ0n) is 11.0. The highest BCUT2D eigenvalue weighted by atomic mass is 79.9. The minimum Gasteiger partial charge on any atom is -0.322 e. The van der Waals surface area contributed by atoms with Crippen molar-refractivity contribution in [1.82, 2.24) is 10.2 Å². The largest absolute Gasteiger partial charge is 0.322 e. The summed E-state index contributed by atoms with van der Waals surface area (Å²) in [7, 11) is 0. The number of hydrogen-bond acceptors (Lipinski definition) is 3. The lowest BCUT2D eigenvalue weighted by Gasteiger charge is -2.29. The number of halogens is 2. The maximum Gasteiger partial charge on any atom is 0.255 e. The average molecular weight is 355 g/mol. The number of nitrogens with one attached hydrogen (secondary N) is 1. The summed E-state index contributed by atoms with van der Waals surface area (Å²) >= 11 is 3.20. The van der Waals surface area contributed by atoms with E-state index in [2.05, 4.69) is 21.2 Å². The van der Waals surface area contributed by atoms with E-state index in [1.54, 1.807) is 12.1 Å². The molecule has 1 aromatic carbocycles. The van der Waals surface area contributed by atoms with Gasteiger partial charge in [-0.25, -0.2) is 4.39 Å². The fourth-order valence-corrected chi connectivity index (χ4v) is 3.19. The van der Waals surface area contributed by atoms with Crippen molar-refractivity contribution < 1.29 is 18.8 Å². The molecule has 2 heterocycles. The Balaban J connectivity index is 1.92. The molecule has 0 bridgehead atoms. The normalized spacial score (nSPS) is 21.5. The van der Waals surface area contributed by atoms with Crippen LogP contribution in [-0.4, -0.2) is 28.7 Å². The van der Waals surface area contributed by atoms with Crippen molar-refractivity contribution in [2.24, 2.45) is 0 Å². The molecule has 5 nitrogen and oxygen atoms in total. The number of alkyl halides is 1. The first-order valence-corrected chi connectivity index (χ1v) is 7.66. The van der Waals surface area contributed by atoms with Gasteiger partial charge in [0.1, 0.15) is 11.9 Å². The van der Waals surface area contributed by atoms with Gasteiger partial charge in [-0.3, -0.25) is 19.7 Å². The van der Waals surface area contributed by atoms with Crippen molar-refractivity contribution in [3.05, 3.63) is 34.6 Å². The van der Waals surface area contributed by atoms with Gasteiger partial charge in [0.2, 0.25) is 11.8 Å². The third kappa shape index (κ3) is 2.25. The van der Waals surface area contributed by atoms with Gasteiger partial charge in [-0.05, 0) is 18.1 Å². The SMILES string of the molecule is O=C1CCC(N2Cc3c(ccc(CBr)c3F)C2=O)C(=O)N1. The summed E-state index contributed by atoms with van der Waals surface area (Å²) in [5, 5.41) is 2.58. The van der Waals surface area contributed by atoms with Crippen LogP contribution >= 0.6 is 15.9 Å². The Morgan fingerprint density at radius 2 is 2.10 bits per heavy atom. The van der Waals surface area contributed by atoms with Crippen LogP contribution in [0.3, 0.4) is 0 Å². The first kappa shape index (κ1) is 14.2. The minimum atomic E-state index is -0.713. The molecule has 7 heteroatoms. The molecule has 0 saturated carbocycles. The first-order valence-electron chi connectivity index (χ1n) is 6.53. The fourth-order valence-electron chi connectivity index (χ4n) is 2.76. The van der Waals surface area contributed by atoms with Crippen LogP contribution in [0.5, 0.6) is 0 Å². The molecule has 3 amide bonds. The van der Waals surface area contributed by atoms with E-state index in [9.17, 15) is 18.8 Å². The van der Waals surface area contributed by atoms with Gasteiger partial charge in [-0.1, -0.05) is 22.0 Å². The molecule has 0 aliphatic carbocycles. The van der Waals surface area contributed by atoms with Gasteiger partial charge < -0.3 is 4.90 Å². The van der Waals surface area contributed by atoms with E-state index in [-0.39, 0.29) is 31.2 Å². The number of carbonyl (C=O) groups excluding carboxylic acids is 3. The summed E-state index contributed by atoms with van der Waals surface area (Å²) in [4.78, 5) is 36.7. The zero-order valence-corrected chi connectivity index (χ0v) is 12.6. The van der Waals surface area contributed by atoms with E-state index in [1.165, 1.54) is 4.90 Å². The Hall–Kier alpha value is -1.76. The van der Waals surface area contributed by atoms with Crippen molar-refractivity contribution in [2.45, 2.75) is 30.8 Å². The van der Waals surface area contributed by atoms with Crippen LogP contribution in [0.2, 0.25) is 0 Å². The number of fused-ring (bicyclic) bond motifs is 1. The number of nitrogens with zero attached hydrogens (tertiary/aromatic N) is 1. The highest BCUT2D eigenvalue weighted by Crippen LogP contribution is 2.31. The Morgan fingerprint density at radius 1 is 1.33 bits per heavy atom. The number of piperidine rings is 1. The summed E-state index contributed by atoms with van der Waals surface area (Å²) in [6.45, 7) is 0.0626. The van der Waals surface area contributed by atoms with Crippen molar-refractivity contribution in [3.63, 3.8) is 0 Å². The summed E-state index contributed by atoms with van der Waals surface area (Å²) in [5.41, 5.74) is 1.09. The summed E-state index contributed by atoms with van der Waals surface area (Å²) in [6, 6.07) is 2.44. The number of benzene rings is 1. The third-order valence-electron chi connectivity index (χ3n) is 3.87. The van der Waals surface area contributed by atoms with Gasteiger partial charge in [-0.15, -0.1) is 0 Å². The standard InChI is InChI=1S/C14H12BrFN2O3/c15-5-7-1-2-8-9(12(7)16)6-18(14(8)21)10-3-4-11(19)17-13(10)20/h1-2,10H,3-6H2,(H,17,19,20). The Bertz CT molecular complexity index is 662. The predicted molar refractivity (Wildman–Crippen MR) is 75.1 cm³/mol. The van der Waals surface area contributed by atoms with E-state index < -0.39 is 17.8 Å². The molecule has 110 valence electrons. The van der Waals surface area contributed by atoms with Crippen LogP contribution in [-0.2, 0) is 21.5 Å². The number of amides is 3. The number of rotatable bonds is 2. The molecule has 1 aromatic rings. The van der Waals surface area contributed by atoms with E-state index >= 15 is 0 Å². The second-order valence-corrected chi connectivity index (χ2v) is 5.66. The Labute approximate surface area is 128 Å². The van der Waals surface area contributed by atoms with E-state index in [0.29, 0.717) is 22.0 Å². The maximum atomic E-state index is 14.3. The molecule has 21 heavy (non-hydrogen) atoms. The average Bonchev–Trinajstić information content (AvgIpc) is 2.78. The topological polar surface area (TPSA) is 66.5 Å². The van der Waals surface area contributed by atoms with Crippen molar-refractivity contribution in [3.8, 4) is 0 Å². The second kappa shape index (κ2) is 5.22. The molecule has 1 saturated heterocycles. The zero-order chi connectivity index (χ0) is 15.1. The van der Waals surface area contributed by atoms with Crippen LogP contribution in [0.4, 0.5) is 4.39 Å². The van der Waals surface area contributed by atoms with E-state index in [4.69, 9.17) is 0 Å². The van der Waals surface area contributed by atoms with Gasteiger partial charge >= 0.3 is 0 Å². The van der Waals surface area contributed by atoms with Gasteiger partial charge in [0.25, 0.3) is 5.91 Å². The van der Waals surface area contributed by atoms with Gasteiger partial charge in [0, 0.05) is 22.9 Å². The number of imide groups is 1. The molecule has 1 atom stereocenters. The monoisotopic (exact) mass is 354 g/mol. The summed E-state index contributed by atoms with van der Waals surface area (Å²) < 4.78 is 14.3. The molecule has 0 radical (unpaired) electrons. The lowest BCUT2D eigenvalue weighted by atomic mass is 10.0. The minimum absolute atomic E-state index is 0.0626. The van der Waals surface area contributed by atoms with Crippen molar-refractivity contribution in [1.29, 1.82) is 0 Å². The van der Waals surface area contributed by atoms with Crippen LogP contribution in [0.25, 0.3) is 0 Å². The second-order valence-electron chi connectivity index (χ2n) is 5.10. The highest BCUT2D eigenvalue weighted by Gasteiger charge is 2.40. The molecule has 2 aliphatic heterocycles. The Kier molecular flexibility index (Phi) is 3.52. The lowest BCUT2D eigenvalue weighted by molar-refractivity contribution is -0.136. The van der Waals surface area contributed by atoms with Crippen LogP contribution in [0.1, 0.15) is 34.3 Å². The maximum absolute atomic E-state index is 14.3. The van der Waals surface area contributed by atoms with Gasteiger partial charge in [0.15, 0.2) is 0 Å². The van der Waals surface area contributed by atoms with Gasteiger partial charge in [-0.2, -0.15) is 0 Å². The van der Waals surface area contributed by atoms with Crippen molar-refractivity contribution >= 4 is 33.7 Å². The molecule has 0 aromatic heterocycles. The summed E-state index contributed by atoms with van der Waals surface area (Å²) in [6.07, 6.45) is 0.461. The van der Waals surface area contributed by atoms with Crippen LogP contribution in [0.15, 0.2) is 12.1 Å². The van der Waals surface area contributed by atoms with Crippen LogP contribution in [0, 0.1) is 5.82 Å². The number of hydrogen-bond donors (Lipinski definition) is 1. The predicted octanol–water partition coefficient (Wildman–Crippen LogP) is 1.48. The molecule has 3 rings (SSSR count). The van der Waals surface area contributed by atoms with Crippen molar-refractivity contribution in [2.75, 3.05) is 0 Å². The third-order valence-corrected chi connectivity index (χ3v) is 4.48. The molecular weight excluding hydrogens is 343 g/mol. The highest BCUT2D eigenvalue weighted by molar-refractivity contribution is 9.08. The molecular formula is C14H12BrFN2O3. The molecule has 1 unspecified atom stereocenters. The summed E-state index contributed by atoms with van der Waals surface area (Å²) in [5.74, 6) is -1.60.